The molecule has 0 fully saturated rings. The van der Waals surface area contributed by atoms with Gasteiger partial charge in [0.2, 0.25) is 0 Å². The van der Waals surface area contributed by atoms with E-state index in [0.29, 0.717) is 0 Å². The molecule has 3 aliphatic rings. The Labute approximate surface area is 196 Å². The molecular formula is C27H33N3O3. The lowest BCUT2D eigenvalue weighted by atomic mass is 10.2. The van der Waals surface area contributed by atoms with Gasteiger partial charge < -0.3 is 30.2 Å². The molecule has 3 aromatic rings. The van der Waals surface area contributed by atoms with Crippen LogP contribution in [0.2, 0.25) is 0 Å². The lowest BCUT2D eigenvalue weighted by Crippen LogP contribution is -2.18. The predicted octanol–water partition coefficient (Wildman–Crippen LogP) is 5.40. The van der Waals surface area contributed by atoms with Gasteiger partial charge in [-0.15, -0.1) is 0 Å². The number of aryl methyl sites for hydroxylation is 3. The Kier molecular flexibility index (Phi) is 7.45. The average Bonchev–Trinajstić information content (AvgIpc) is 2.85. The molecule has 174 valence electrons. The maximum atomic E-state index is 5.49. The normalized spacial score (nSPS) is 14.6. The Bertz CT molecular complexity index is 1020. The molecule has 6 rings (SSSR count). The molecule has 6 nitrogen and oxygen atoms in total. The summed E-state index contributed by atoms with van der Waals surface area (Å²) in [5.74, 6) is 2.97. The van der Waals surface area contributed by atoms with E-state index in [0.717, 1.165) is 73.8 Å². The molecule has 0 aromatic heterocycles. The zero-order valence-electron chi connectivity index (χ0n) is 19.7. The summed E-state index contributed by atoms with van der Waals surface area (Å²) >= 11 is 0. The van der Waals surface area contributed by atoms with Crippen LogP contribution in [0.4, 0.5) is 17.1 Å². The molecule has 3 N–H and O–H groups in total. The van der Waals surface area contributed by atoms with E-state index in [2.05, 4.69) is 73.1 Å². The second-order valence-corrected chi connectivity index (χ2v) is 8.28. The molecule has 0 bridgehead atoms. The molecule has 0 spiro atoms. The van der Waals surface area contributed by atoms with Crippen LogP contribution in [-0.2, 0) is 0 Å². The fourth-order valence-electron chi connectivity index (χ4n) is 3.82. The highest BCUT2D eigenvalue weighted by atomic mass is 16.5. The van der Waals surface area contributed by atoms with Gasteiger partial charge in [0.15, 0.2) is 0 Å². The maximum Gasteiger partial charge on any atom is 0.145 e. The van der Waals surface area contributed by atoms with E-state index in [1.807, 2.05) is 18.2 Å². The van der Waals surface area contributed by atoms with E-state index in [-0.39, 0.29) is 0 Å². The van der Waals surface area contributed by atoms with Crippen molar-refractivity contribution in [3.63, 3.8) is 0 Å². The molecule has 3 heterocycles. The second kappa shape index (κ2) is 10.9. The van der Waals surface area contributed by atoms with Gasteiger partial charge in [0.1, 0.15) is 37.1 Å². The van der Waals surface area contributed by atoms with Gasteiger partial charge in [0.25, 0.3) is 0 Å². The summed E-state index contributed by atoms with van der Waals surface area (Å²) in [7, 11) is 0. The van der Waals surface area contributed by atoms with Crippen molar-refractivity contribution >= 4 is 17.1 Å². The van der Waals surface area contributed by atoms with Gasteiger partial charge in [-0.3, -0.25) is 0 Å². The van der Waals surface area contributed by atoms with E-state index >= 15 is 0 Å². The lowest BCUT2D eigenvalue weighted by molar-refractivity contribution is 0.321. The van der Waals surface area contributed by atoms with Crippen molar-refractivity contribution < 1.29 is 14.2 Å². The largest absolute Gasteiger partial charge is 0.490 e. The number of nitrogens with one attached hydrogen (secondary N) is 3. The Balaban J connectivity index is 0.000000118. The average molecular weight is 448 g/mol. The van der Waals surface area contributed by atoms with Crippen LogP contribution < -0.4 is 30.2 Å². The minimum Gasteiger partial charge on any atom is -0.490 e. The first-order chi connectivity index (χ1) is 16.1. The Morgan fingerprint density at radius 1 is 0.576 bits per heavy atom. The number of anilines is 3. The smallest absolute Gasteiger partial charge is 0.145 e. The van der Waals surface area contributed by atoms with E-state index in [9.17, 15) is 0 Å². The minimum atomic E-state index is 0.774. The first kappa shape index (κ1) is 22.6. The molecule has 0 atom stereocenters. The van der Waals surface area contributed by atoms with Gasteiger partial charge in [-0.1, -0.05) is 24.3 Å². The number of hydrogen-bond donors (Lipinski definition) is 3. The van der Waals surface area contributed by atoms with Crippen molar-refractivity contribution in [1.82, 2.24) is 0 Å². The summed E-state index contributed by atoms with van der Waals surface area (Å²) in [5, 5.41) is 9.82. The van der Waals surface area contributed by atoms with E-state index in [1.165, 1.54) is 16.7 Å². The van der Waals surface area contributed by atoms with Crippen LogP contribution in [0.15, 0.2) is 54.6 Å². The Morgan fingerprint density at radius 3 is 2.00 bits per heavy atom. The predicted molar refractivity (Wildman–Crippen MR) is 135 cm³/mol. The number of para-hydroxylation sites is 1. The second-order valence-electron chi connectivity index (χ2n) is 8.28. The number of fused-ring (bicyclic) bond motifs is 3. The van der Waals surface area contributed by atoms with Crippen molar-refractivity contribution in [2.45, 2.75) is 20.8 Å². The van der Waals surface area contributed by atoms with Crippen LogP contribution >= 0.6 is 0 Å². The summed E-state index contributed by atoms with van der Waals surface area (Å²) in [6, 6.07) is 18.5. The zero-order chi connectivity index (χ0) is 23.0. The van der Waals surface area contributed by atoms with Crippen LogP contribution in [0.25, 0.3) is 0 Å². The number of ether oxygens (including phenoxy) is 3. The van der Waals surface area contributed by atoms with Crippen LogP contribution in [-0.4, -0.2) is 39.5 Å². The highest BCUT2D eigenvalue weighted by Gasteiger charge is 2.10. The van der Waals surface area contributed by atoms with Crippen LogP contribution in [0.1, 0.15) is 16.7 Å². The number of benzene rings is 3. The van der Waals surface area contributed by atoms with E-state index in [1.54, 1.807) is 0 Å². The monoisotopic (exact) mass is 447 g/mol. The van der Waals surface area contributed by atoms with E-state index in [4.69, 9.17) is 14.2 Å². The molecular weight excluding hydrogens is 414 g/mol. The molecule has 0 saturated carbocycles. The molecule has 0 radical (unpaired) electrons. The molecule has 0 amide bonds. The molecule has 3 aromatic carbocycles. The van der Waals surface area contributed by atoms with Crippen LogP contribution in [0, 0.1) is 20.8 Å². The van der Waals surface area contributed by atoms with Crippen molar-refractivity contribution in [2.75, 3.05) is 55.4 Å². The lowest BCUT2D eigenvalue weighted by Gasteiger charge is -2.20. The fraction of sp³-hybridized carbons (Fsp3) is 0.333. The third kappa shape index (κ3) is 6.04. The highest BCUT2D eigenvalue weighted by Crippen LogP contribution is 2.30. The molecule has 33 heavy (non-hydrogen) atoms. The van der Waals surface area contributed by atoms with Gasteiger partial charge in [0, 0.05) is 19.6 Å². The third-order valence-electron chi connectivity index (χ3n) is 5.50. The molecule has 0 aliphatic carbocycles. The van der Waals surface area contributed by atoms with Gasteiger partial charge in [-0.2, -0.15) is 0 Å². The van der Waals surface area contributed by atoms with Crippen molar-refractivity contribution in [2.24, 2.45) is 0 Å². The van der Waals surface area contributed by atoms with Crippen molar-refractivity contribution in [3.8, 4) is 17.2 Å². The first-order valence-electron chi connectivity index (χ1n) is 11.5. The number of hydrogen-bond acceptors (Lipinski definition) is 6. The van der Waals surface area contributed by atoms with Crippen LogP contribution in [0.3, 0.4) is 0 Å². The SMILES string of the molecule is Cc1ccc2c(c1)NCCO2.Cc1ccc2c(c1)OCCN2.Cc1cccc2c1OCCN2. The van der Waals surface area contributed by atoms with Crippen molar-refractivity contribution in [3.05, 3.63) is 71.3 Å². The quantitative estimate of drug-likeness (QED) is 0.429. The first-order valence-corrected chi connectivity index (χ1v) is 11.5. The third-order valence-corrected chi connectivity index (χ3v) is 5.50. The molecule has 0 saturated heterocycles. The molecule has 0 unspecified atom stereocenters. The van der Waals surface area contributed by atoms with Crippen LogP contribution in [0.5, 0.6) is 17.2 Å². The van der Waals surface area contributed by atoms with Gasteiger partial charge in [-0.25, -0.2) is 0 Å². The minimum absolute atomic E-state index is 0.774. The highest BCUT2D eigenvalue weighted by molar-refractivity contribution is 5.61. The summed E-state index contributed by atoms with van der Waals surface area (Å²) < 4.78 is 16.3. The number of rotatable bonds is 0. The van der Waals surface area contributed by atoms with Gasteiger partial charge in [0.05, 0.1) is 17.1 Å². The maximum absolute atomic E-state index is 5.49. The van der Waals surface area contributed by atoms with E-state index < -0.39 is 0 Å². The summed E-state index contributed by atoms with van der Waals surface area (Å²) in [6.07, 6.45) is 0. The Morgan fingerprint density at radius 2 is 1.21 bits per heavy atom. The van der Waals surface area contributed by atoms with Crippen molar-refractivity contribution in [1.29, 1.82) is 0 Å². The standard InChI is InChI=1S/3C9H11NO/c1-7-2-3-9-8(6-7)10-4-5-11-9;1-7-2-3-8-9(6-7)11-5-4-10-8;1-7-3-2-4-8-9(7)11-6-5-10-8/h2*2-3,6,10H,4-5H2,1H3;2-4,10H,5-6H2,1H3. The fourth-order valence-corrected chi connectivity index (χ4v) is 3.82. The zero-order valence-corrected chi connectivity index (χ0v) is 19.7. The van der Waals surface area contributed by atoms with Gasteiger partial charge in [-0.05, 0) is 67.8 Å². The summed E-state index contributed by atoms with van der Waals surface area (Å²) in [5.41, 5.74) is 7.07. The molecule has 3 aliphatic heterocycles. The summed E-state index contributed by atoms with van der Waals surface area (Å²) in [6.45, 7) is 11.3. The summed E-state index contributed by atoms with van der Waals surface area (Å²) in [4.78, 5) is 0. The van der Waals surface area contributed by atoms with Gasteiger partial charge >= 0.3 is 0 Å². The Hall–Kier alpha value is -3.54. The molecule has 6 heteroatoms. The topological polar surface area (TPSA) is 63.8 Å².